The summed E-state index contributed by atoms with van der Waals surface area (Å²) in [6.07, 6.45) is 6.37. The Bertz CT molecular complexity index is 888. The van der Waals surface area contributed by atoms with E-state index in [1.165, 1.54) is 5.56 Å². The van der Waals surface area contributed by atoms with E-state index in [4.69, 9.17) is 4.42 Å². The van der Waals surface area contributed by atoms with Crippen LogP contribution in [0.1, 0.15) is 34.7 Å². The van der Waals surface area contributed by atoms with Gasteiger partial charge in [-0.3, -0.25) is 4.79 Å². The first-order valence-electron chi connectivity index (χ1n) is 9.70. The van der Waals surface area contributed by atoms with Gasteiger partial charge in [-0.25, -0.2) is 9.97 Å². The molecule has 3 aromatic rings. The van der Waals surface area contributed by atoms with E-state index in [2.05, 4.69) is 39.6 Å². The van der Waals surface area contributed by atoms with Crippen molar-refractivity contribution in [1.29, 1.82) is 0 Å². The van der Waals surface area contributed by atoms with Crippen LogP contribution in [0.2, 0.25) is 0 Å². The molecule has 6 nitrogen and oxygen atoms in total. The van der Waals surface area contributed by atoms with Gasteiger partial charge in [0, 0.05) is 19.3 Å². The molecule has 1 saturated heterocycles. The molecule has 6 heteroatoms. The number of aromatic nitrogens is 2. The van der Waals surface area contributed by atoms with Gasteiger partial charge >= 0.3 is 0 Å². The van der Waals surface area contributed by atoms with Crippen molar-refractivity contribution in [3.63, 3.8) is 0 Å². The minimum atomic E-state index is -0.0263. The molecule has 0 radical (unpaired) electrons. The zero-order chi connectivity index (χ0) is 19.2. The molecule has 1 aliphatic heterocycles. The van der Waals surface area contributed by atoms with Gasteiger partial charge in [0.2, 0.25) is 5.95 Å². The van der Waals surface area contributed by atoms with Crippen LogP contribution in [0.25, 0.3) is 0 Å². The maximum Gasteiger partial charge on any atom is 0.272 e. The van der Waals surface area contributed by atoms with Crippen molar-refractivity contribution in [2.24, 2.45) is 5.92 Å². The van der Waals surface area contributed by atoms with Crippen molar-refractivity contribution in [1.82, 2.24) is 14.9 Å². The van der Waals surface area contributed by atoms with Crippen LogP contribution >= 0.6 is 0 Å². The number of hydrogen-bond donors (Lipinski definition) is 1. The molecule has 1 N–H and O–H groups in total. The average molecular weight is 376 g/mol. The molecule has 0 unspecified atom stereocenters. The fraction of sp³-hybridized carbons (Fsp3) is 0.318. The molecule has 0 bridgehead atoms. The Labute approximate surface area is 164 Å². The van der Waals surface area contributed by atoms with E-state index in [-0.39, 0.29) is 5.91 Å². The van der Waals surface area contributed by atoms with Crippen molar-refractivity contribution in [3.8, 4) is 0 Å². The highest BCUT2D eigenvalue weighted by Crippen LogP contribution is 2.22. The highest BCUT2D eigenvalue weighted by molar-refractivity contribution is 5.92. The van der Waals surface area contributed by atoms with Gasteiger partial charge in [0.15, 0.2) is 0 Å². The predicted octanol–water partition coefficient (Wildman–Crippen LogP) is 3.78. The highest BCUT2D eigenvalue weighted by atomic mass is 16.3. The predicted molar refractivity (Wildman–Crippen MR) is 107 cm³/mol. The number of carbonyl (C=O) groups is 1. The van der Waals surface area contributed by atoms with Crippen LogP contribution in [0.5, 0.6) is 0 Å². The Morgan fingerprint density at radius 1 is 1.11 bits per heavy atom. The first-order valence-corrected chi connectivity index (χ1v) is 9.70. The van der Waals surface area contributed by atoms with Gasteiger partial charge in [-0.1, -0.05) is 30.3 Å². The fourth-order valence-corrected chi connectivity index (χ4v) is 3.59. The summed E-state index contributed by atoms with van der Waals surface area (Å²) in [6.45, 7) is 2.03. The lowest BCUT2D eigenvalue weighted by Gasteiger charge is -2.32. The second kappa shape index (κ2) is 8.69. The molecule has 0 spiro atoms. The van der Waals surface area contributed by atoms with Crippen LogP contribution in [0.15, 0.2) is 65.4 Å². The van der Waals surface area contributed by atoms with Crippen LogP contribution in [0, 0.1) is 5.92 Å². The van der Waals surface area contributed by atoms with Crippen LogP contribution in [-0.4, -0.2) is 33.9 Å². The number of likely N-dealkylation sites (tertiary alicyclic amines) is 1. The molecule has 0 atom stereocenters. The zero-order valence-corrected chi connectivity index (χ0v) is 15.8. The van der Waals surface area contributed by atoms with Gasteiger partial charge in [-0.2, -0.15) is 0 Å². The molecule has 28 heavy (non-hydrogen) atoms. The molecule has 0 aliphatic carbocycles. The summed E-state index contributed by atoms with van der Waals surface area (Å²) in [7, 11) is 0. The Morgan fingerprint density at radius 3 is 2.68 bits per heavy atom. The summed E-state index contributed by atoms with van der Waals surface area (Å²) in [5, 5.41) is 3.09. The van der Waals surface area contributed by atoms with Crippen molar-refractivity contribution in [3.05, 3.63) is 78.0 Å². The largest absolute Gasteiger partial charge is 0.467 e. The number of amides is 1. The number of furan rings is 1. The summed E-state index contributed by atoms with van der Waals surface area (Å²) in [5.41, 5.74) is 1.80. The third-order valence-electron chi connectivity index (χ3n) is 5.14. The number of benzene rings is 1. The van der Waals surface area contributed by atoms with Gasteiger partial charge in [-0.05, 0) is 48.9 Å². The molecule has 1 fully saturated rings. The van der Waals surface area contributed by atoms with Gasteiger partial charge in [0.1, 0.15) is 11.5 Å². The lowest BCUT2D eigenvalue weighted by atomic mass is 9.90. The third-order valence-corrected chi connectivity index (χ3v) is 5.14. The number of rotatable bonds is 6. The minimum absolute atomic E-state index is 0.0263. The summed E-state index contributed by atoms with van der Waals surface area (Å²) >= 11 is 0. The van der Waals surface area contributed by atoms with Crippen LogP contribution in [-0.2, 0) is 13.0 Å². The van der Waals surface area contributed by atoms with Crippen molar-refractivity contribution < 1.29 is 9.21 Å². The molecular weight excluding hydrogens is 352 g/mol. The Morgan fingerprint density at radius 2 is 1.93 bits per heavy atom. The second-order valence-corrected chi connectivity index (χ2v) is 7.12. The number of carbonyl (C=O) groups excluding carboxylic acids is 1. The lowest BCUT2D eigenvalue weighted by Crippen LogP contribution is -2.39. The van der Waals surface area contributed by atoms with Crippen molar-refractivity contribution in [2.75, 3.05) is 18.4 Å². The van der Waals surface area contributed by atoms with Gasteiger partial charge in [0.05, 0.1) is 12.8 Å². The van der Waals surface area contributed by atoms with E-state index in [0.29, 0.717) is 24.1 Å². The first kappa shape index (κ1) is 18.2. The van der Waals surface area contributed by atoms with E-state index in [1.54, 1.807) is 18.5 Å². The molecule has 144 valence electrons. The van der Waals surface area contributed by atoms with Gasteiger partial charge in [-0.15, -0.1) is 0 Å². The SMILES string of the molecule is O=C(c1ccnc(NCc2ccco2)n1)N1CCC(Cc2ccccc2)CC1. The quantitative estimate of drug-likeness (QED) is 0.709. The fourth-order valence-electron chi connectivity index (χ4n) is 3.59. The van der Waals surface area contributed by atoms with Gasteiger partial charge in [0.25, 0.3) is 5.91 Å². The first-order chi connectivity index (χ1) is 13.8. The maximum absolute atomic E-state index is 12.8. The van der Waals surface area contributed by atoms with E-state index in [9.17, 15) is 4.79 Å². The van der Waals surface area contributed by atoms with Crippen LogP contribution in [0.4, 0.5) is 5.95 Å². The Balaban J connectivity index is 1.31. The summed E-state index contributed by atoms with van der Waals surface area (Å²) < 4.78 is 5.29. The number of anilines is 1. The smallest absolute Gasteiger partial charge is 0.272 e. The molecule has 3 heterocycles. The molecule has 2 aromatic heterocycles. The second-order valence-electron chi connectivity index (χ2n) is 7.12. The molecule has 1 aliphatic rings. The normalized spacial score (nSPS) is 14.8. The van der Waals surface area contributed by atoms with E-state index >= 15 is 0 Å². The molecular formula is C22H24N4O2. The monoisotopic (exact) mass is 376 g/mol. The summed E-state index contributed by atoms with van der Waals surface area (Å²) in [6, 6.07) is 16.0. The van der Waals surface area contributed by atoms with E-state index in [0.717, 1.165) is 38.1 Å². The van der Waals surface area contributed by atoms with Crippen molar-refractivity contribution >= 4 is 11.9 Å². The number of nitrogens with zero attached hydrogens (tertiary/aromatic N) is 3. The number of nitrogens with one attached hydrogen (secondary N) is 1. The third kappa shape index (κ3) is 4.57. The molecule has 4 rings (SSSR count). The van der Waals surface area contributed by atoms with Crippen LogP contribution in [0.3, 0.4) is 0 Å². The Kier molecular flexibility index (Phi) is 5.66. The molecule has 1 aromatic carbocycles. The summed E-state index contributed by atoms with van der Waals surface area (Å²) in [5.74, 6) is 1.83. The Hall–Kier alpha value is -3.15. The van der Waals surface area contributed by atoms with Gasteiger partial charge < -0.3 is 14.6 Å². The van der Waals surface area contributed by atoms with E-state index in [1.807, 2.05) is 23.1 Å². The number of hydrogen-bond acceptors (Lipinski definition) is 5. The topological polar surface area (TPSA) is 71.3 Å². The van der Waals surface area contributed by atoms with Crippen LogP contribution < -0.4 is 5.32 Å². The zero-order valence-electron chi connectivity index (χ0n) is 15.8. The molecule has 0 saturated carbocycles. The highest BCUT2D eigenvalue weighted by Gasteiger charge is 2.24. The standard InChI is InChI=1S/C22H24N4O2/c27-21(20-8-11-23-22(25-20)24-16-19-7-4-14-28-19)26-12-9-18(10-13-26)15-17-5-2-1-3-6-17/h1-8,11,14,18H,9-10,12-13,15-16H2,(H,23,24,25). The average Bonchev–Trinajstić information content (AvgIpc) is 3.27. The molecule has 1 amide bonds. The summed E-state index contributed by atoms with van der Waals surface area (Å²) in [4.78, 5) is 23.3. The minimum Gasteiger partial charge on any atom is -0.467 e. The maximum atomic E-state index is 12.8. The van der Waals surface area contributed by atoms with Crippen molar-refractivity contribution in [2.45, 2.75) is 25.8 Å². The lowest BCUT2D eigenvalue weighted by molar-refractivity contribution is 0.0684. The van der Waals surface area contributed by atoms with E-state index < -0.39 is 0 Å². The number of piperidine rings is 1.